The molecular formula is C10H16O4. The molecular weight excluding hydrogens is 184 g/mol. The van der Waals surface area contributed by atoms with Gasteiger partial charge in [-0.2, -0.15) is 0 Å². The Morgan fingerprint density at radius 1 is 1.86 bits per heavy atom. The third-order valence-electron chi connectivity index (χ3n) is 2.50. The van der Waals surface area contributed by atoms with Gasteiger partial charge >= 0.3 is 6.16 Å². The maximum absolute atomic E-state index is 10.1. The van der Waals surface area contributed by atoms with Gasteiger partial charge in [0.15, 0.2) is 0 Å². The molecule has 0 amide bonds. The zero-order valence-electron chi connectivity index (χ0n) is 8.36. The molecule has 1 fully saturated rings. The smallest absolute Gasteiger partial charge is 0.450 e. The van der Waals surface area contributed by atoms with Gasteiger partial charge in [0.1, 0.15) is 0 Å². The van der Waals surface area contributed by atoms with Crippen LogP contribution in [0.5, 0.6) is 0 Å². The molecule has 0 aliphatic carbocycles. The van der Waals surface area contributed by atoms with Gasteiger partial charge in [0.05, 0.1) is 18.3 Å². The fourth-order valence-corrected chi connectivity index (χ4v) is 1.58. The van der Waals surface area contributed by atoms with Crippen molar-refractivity contribution in [2.75, 3.05) is 6.61 Å². The second-order valence-electron chi connectivity index (χ2n) is 3.70. The quantitative estimate of drug-likeness (QED) is 0.558. The van der Waals surface area contributed by atoms with Crippen molar-refractivity contribution in [1.82, 2.24) is 0 Å². The highest BCUT2D eigenvalue weighted by Gasteiger charge is 2.32. The number of hydrogen-bond donors (Lipinski definition) is 1. The molecule has 14 heavy (non-hydrogen) atoms. The van der Waals surface area contributed by atoms with Crippen LogP contribution < -0.4 is 0 Å². The van der Waals surface area contributed by atoms with Gasteiger partial charge < -0.3 is 14.6 Å². The van der Waals surface area contributed by atoms with Crippen LogP contribution in [0.15, 0.2) is 12.7 Å². The molecule has 0 saturated carbocycles. The summed E-state index contributed by atoms with van der Waals surface area (Å²) in [7, 11) is 0. The second kappa shape index (κ2) is 4.46. The number of ether oxygens (including phenoxy) is 2. The lowest BCUT2D eigenvalue weighted by atomic mass is 10.0. The third-order valence-corrected chi connectivity index (χ3v) is 2.50. The van der Waals surface area contributed by atoms with Crippen molar-refractivity contribution in [3.63, 3.8) is 0 Å². The Labute approximate surface area is 83.5 Å². The first-order chi connectivity index (χ1) is 6.56. The highest BCUT2D eigenvalue weighted by molar-refractivity contribution is 5.56. The standard InChI is InChI=1S/C10H16O4/c1-3-10(2)6-4-8(14-10)5-7-13-9(11)12/h3,8H,1,4-7H2,2H3,(H,11,12). The maximum atomic E-state index is 10.1. The largest absolute Gasteiger partial charge is 0.505 e. The lowest BCUT2D eigenvalue weighted by Crippen LogP contribution is -2.22. The van der Waals surface area contributed by atoms with Crippen LogP contribution in [0.2, 0.25) is 0 Å². The zero-order valence-corrected chi connectivity index (χ0v) is 8.36. The van der Waals surface area contributed by atoms with Crippen molar-refractivity contribution < 1.29 is 19.4 Å². The maximum Gasteiger partial charge on any atom is 0.505 e. The lowest BCUT2D eigenvalue weighted by Gasteiger charge is -2.20. The molecule has 0 spiro atoms. The van der Waals surface area contributed by atoms with Crippen LogP contribution in [0.25, 0.3) is 0 Å². The summed E-state index contributed by atoms with van der Waals surface area (Å²) in [5, 5.41) is 8.26. The van der Waals surface area contributed by atoms with Crippen LogP contribution in [0.3, 0.4) is 0 Å². The van der Waals surface area contributed by atoms with Crippen LogP contribution in [0, 0.1) is 0 Å². The normalized spacial score (nSPS) is 31.4. The molecule has 0 bridgehead atoms. The van der Waals surface area contributed by atoms with Crippen molar-refractivity contribution in [3.05, 3.63) is 12.7 Å². The Balaban J connectivity index is 2.22. The molecule has 1 N–H and O–H groups in total. The van der Waals surface area contributed by atoms with E-state index < -0.39 is 6.16 Å². The minimum Gasteiger partial charge on any atom is -0.450 e. The highest BCUT2D eigenvalue weighted by Crippen LogP contribution is 2.32. The van der Waals surface area contributed by atoms with E-state index in [-0.39, 0.29) is 18.3 Å². The van der Waals surface area contributed by atoms with Gasteiger partial charge in [-0.1, -0.05) is 6.08 Å². The fraction of sp³-hybridized carbons (Fsp3) is 0.700. The molecule has 4 heteroatoms. The van der Waals surface area contributed by atoms with Crippen molar-refractivity contribution in [3.8, 4) is 0 Å². The van der Waals surface area contributed by atoms with Gasteiger partial charge in [-0.3, -0.25) is 0 Å². The Morgan fingerprint density at radius 3 is 3.07 bits per heavy atom. The molecule has 0 radical (unpaired) electrons. The summed E-state index contributed by atoms with van der Waals surface area (Å²) in [6.07, 6.45) is 3.16. The molecule has 1 aliphatic heterocycles. The van der Waals surface area contributed by atoms with Gasteiger partial charge in [-0.25, -0.2) is 4.79 Å². The first-order valence-electron chi connectivity index (χ1n) is 4.73. The summed E-state index contributed by atoms with van der Waals surface area (Å²) in [5.41, 5.74) is -0.242. The predicted octanol–water partition coefficient (Wildman–Crippen LogP) is 2.19. The molecule has 1 aliphatic rings. The number of carbonyl (C=O) groups is 1. The third kappa shape index (κ3) is 3.03. The molecule has 80 valence electrons. The molecule has 0 aromatic rings. The van der Waals surface area contributed by atoms with Crippen LogP contribution in [-0.4, -0.2) is 29.6 Å². The van der Waals surface area contributed by atoms with Gasteiger partial charge in [0.2, 0.25) is 0 Å². The predicted molar refractivity (Wildman–Crippen MR) is 51.3 cm³/mol. The summed E-state index contributed by atoms with van der Waals surface area (Å²) in [6.45, 7) is 5.89. The summed E-state index contributed by atoms with van der Waals surface area (Å²) in [5.74, 6) is 0. The van der Waals surface area contributed by atoms with Crippen molar-refractivity contribution >= 4 is 6.16 Å². The van der Waals surface area contributed by atoms with Crippen molar-refractivity contribution in [1.29, 1.82) is 0 Å². The Bertz CT molecular complexity index is 226. The summed E-state index contributed by atoms with van der Waals surface area (Å²) < 4.78 is 10.1. The molecule has 1 rings (SSSR count). The zero-order chi connectivity index (χ0) is 10.6. The average molecular weight is 200 g/mol. The lowest BCUT2D eigenvalue weighted by molar-refractivity contribution is -0.00921. The van der Waals surface area contributed by atoms with Crippen molar-refractivity contribution in [2.24, 2.45) is 0 Å². The minimum absolute atomic E-state index is 0.0948. The van der Waals surface area contributed by atoms with Gasteiger partial charge in [0.25, 0.3) is 0 Å². The summed E-state index contributed by atoms with van der Waals surface area (Å²) >= 11 is 0. The molecule has 1 heterocycles. The SMILES string of the molecule is C=CC1(C)CCC(CCOC(=O)O)O1. The first-order valence-corrected chi connectivity index (χ1v) is 4.73. The van der Waals surface area contributed by atoms with E-state index in [1.807, 2.05) is 6.92 Å². The van der Waals surface area contributed by atoms with E-state index in [9.17, 15) is 4.79 Å². The van der Waals surface area contributed by atoms with Gasteiger partial charge in [0, 0.05) is 6.42 Å². The Kier molecular flexibility index (Phi) is 3.52. The van der Waals surface area contributed by atoms with Crippen LogP contribution >= 0.6 is 0 Å². The Morgan fingerprint density at radius 2 is 2.57 bits per heavy atom. The van der Waals surface area contributed by atoms with Crippen LogP contribution in [0.1, 0.15) is 26.2 Å². The second-order valence-corrected chi connectivity index (χ2v) is 3.70. The van der Waals surface area contributed by atoms with E-state index >= 15 is 0 Å². The monoisotopic (exact) mass is 200 g/mol. The summed E-state index contributed by atoms with van der Waals surface area (Å²) in [6, 6.07) is 0. The molecule has 0 aromatic heterocycles. The van der Waals surface area contributed by atoms with Crippen LogP contribution in [-0.2, 0) is 9.47 Å². The van der Waals surface area contributed by atoms with E-state index in [0.29, 0.717) is 6.42 Å². The van der Waals surface area contributed by atoms with E-state index in [4.69, 9.17) is 9.84 Å². The van der Waals surface area contributed by atoms with Gasteiger partial charge in [-0.05, 0) is 19.8 Å². The minimum atomic E-state index is -1.23. The molecule has 4 nitrogen and oxygen atoms in total. The molecule has 2 unspecified atom stereocenters. The molecule has 2 atom stereocenters. The highest BCUT2D eigenvalue weighted by atomic mass is 16.7. The molecule has 0 aromatic carbocycles. The first kappa shape index (κ1) is 11.0. The van der Waals surface area contributed by atoms with Crippen LogP contribution in [0.4, 0.5) is 4.79 Å². The van der Waals surface area contributed by atoms with E-state index in [1.54, 1.807) is 6.08 Å². The Hall–Kier alpha value is -1.03. The van der Waals surface area contributed by atoms with Crippen molar-refractivity contribution in [2.45, 2.75) is 37.9 Å². The van der Waals surface area contributed by atoms with E-state index in [2.05, 4.69) is 11.3 Å². The molecule has 1 saturated heterocycles. The van der Waals surface area contributed by atoms with E-state index in [0.717, 1.165) is 12.8 Å². The fourth-order valence-electron chi connectivity index (χ4n) is 1.58. The topological polar surface area (TPSA) is 55.8 Å². The number of carboxylic acid groups (broad SMARTS) is 1. The number of hydrogen-bond acceptors (Lipinski definition) is 3. The van der Waals surface area contributed by atoms with Gasteiger partial charge in [-0.15, -0.1) is 6.58 Å². The number of rotatable bonds is 4. The average Bonchev–Trinajstić information content (AvgIpc) is 2.48. The van der Waals surface area contributed by atoms with E-state index in [1.165, 1.54) is 0 Å². The summed E-state index contributed by atoms with van der Waals surface area (Å²) in [4.78, 5) is 10.1.